The van der Waals surface area contributed by atoms with Crippen LogP contribution in [0.2, 0.25) is 0 Å². The lowest BCUT2D eigenvalue weighted by molar-refractivity contribution is 0.393. The standard InChI is InChI=1S/C17H16N2O2S/c1-20-15-7-13(8-16(9-15)21-2)11-19-17(22)14-5-3-12(10-18)4-6-14/h3-9H,11H2,1-2H3,(H,19,22). The van der Waals surface area contributed by atoms with Gasteiger partial charge in [-0.25, -0.2) is 0 Å². The summed E-state index contributed by atoms with van der Waals surface area (Å²) in [5, 5.41) is 12.0. The van der Waals surface area contributed by atoms with E-state index in [-0.39, 0.29) is 0 Å². The van der Waals surface area contributed by atoms with Crippen molar-refractivity contribution < 1.29 is 9.47 Å². The average Bonchev–Trinajstić information content (AvgIpc) is 2.59. The molecule has 0 aliphatic carbocycles. The van der Waals surface area contributed by atoms with E-state index < -0.39 is 0 Å². The van der Waals surface area contributed by atoms with Gasteiger partial charge in [0.25, 0.3) is 0 Å². The van der Waals surface area contributed by atoms with Gasteiger partial charge in [-0.15, -0.1) is 0 Å². The van der Waals surface area contributed by atoms with Crippen LogP contribution < -0.4 is 14.8 Å². The van der Waals surface area contributed by atoms with Crippen molar-refractivity contribution in [2.75, 3.05) is 14.2 Å². The fraction of sp³-hybridized carbons (Fsp3) is 0.176. The van der Waals surface area contributed by atoms with Crippen LogP contribution in [0.4, 0.5) is 0 Å². The molecule has 0 aliphatic rings. The van der Waals surface area contributed by atoms with Gasteiger partial charge in [0.1, 0.15) is 16.5 Å². The van der Waals surface area contributed by atoms with E-state index in [1.165, 1.54) is 0 Å². The minimum atomic E-state index is 0.562. The van der Waals surface area contributed by atoms with Crippen LogP contribution in [0.5, 0.6) is 11.5 Å². The predicted molar refractivity (Wildman–Crippen MR) is 89.2 cm³/mol. The second-order valence-corrected chi connectivity index (χ2v) is 5.00. The van der Waals surface area contributed by atoms with Crippen molar-refractivity contribution in [2.45, 2.75) is 6.54 Å². The summed E-state index contributed by atoms with van der Waals surface area (Å²) >= 11 is 5.37. The van der Waals surface area contributed by atoms with Gasteiger partial charge in [0.2, 0.25) is 0 Å². The molecule has 0 saturated heterocycles. The SMILES string of the molecule is COc1cc(CNC(=S)c2ccc(C#N)cc2)cc(OC)c1. The number of nitriles is 1. The predicted octanol–water partition coefficient (Wildman–Crippen LogP) is 3.04. The van der Waals surface area contributed by atoms with Gasteiger partial charge in [-0.05, 0) is 29.8 Å². The first-order chi connectivity index (χ1) is 10.7. The molecule has 2 rings (SSSR count). The molecule has 5 heteroatoms. The molecule has 2 aromatic carbocycles. The summed E-state index contributed by atoms with van der Waals surface area (Å²) in [6.07, 6.45) is 0. The zero-order valence-corrected chi connectivity index (χ0v) is 13.2. The molecule has 0 amide bonds. The minimum Gasteiger partial charge on any atom is -0.497 e. The summed E-state index contributed by atoms with van der Waals surface area (Å²) in [6.45, 7) is 0.562. The van der Waals surface area contributed by atoms with E-state index in [0.29, 0.717) is 17.1 Å². The highest BCUT2D eigenvalue weighted by Crippen LogP contribution is 2.22. The normalized spacial score (nSPS) is 9.68. The Hall–Kier alpha value is -2.58. The highest BCUT2D eigenvalue weighted by atomic mass is 32.1. The summed E-state index contributed by atoms with van der Waals surface area (Å²) in [6, 6.07) is 14.9. The molecule has 22 heavy (non-hydrogen) atoms. The Labute approximate surface area is 135 Å². The van der Waals surface area contributed by atoms with E-state index in [1.807, 2.05) is 30.3 Å². The second kappa shape index (κ2) is 7.43. The summed E-state index contributed by atoms with van der Waals surface area (Å²) in [5.74, 6) is 1.47. The number of thiocarbonyl (C=S) groups is 1. The first-order valence-electron chi connectivity index (χ1n) is 6.66. The van der Waals surface area contributed by atoms with E-state index in [4.69, 9.17) is 27.0 Å². The van der Waals surface area contributed by atoms with Crippen LogP contribution in [0, 0.1) is 11.3 Å². The minimum absolute atomic E-state index is 0.562. The molecule has 0 unspecified atom stereocenters. The van der Waals surface area contributed by atoms with Crippen molar-refractivity contribution in [1.82, 2.24) is 5.32 Å². The number of ether oxygens (including phenoxy) is 2. The Bertz CT molecular complexity index is 683. The summed E-state index contributed by atoms with van der Waals surface area (Å²) in [4.78, 5) is 0.631. The Balaban J connectivity index is 2.05. The molecule has 0 aliphatic heterocycles. The number of hydrogen-bond donors (Lipinski definition) is 1. The van der Waals surface area contributed by atoms with Gasteiger partial charge in [-0.2, -0.15) is 5.26 Å². The van der Waals surface area contributed by atoms with Gasteiger partial charge < -0.3 is 14.8 Å². The maximum Gasteiger partial charge on any atom is 0.122 e. The van der Waals surface area contributed by atoms with Gasteiger partial charge in [0, 0.05) is 18.2 Å². The maximum atomic E-state index is 8.80. The van der Waals surface area contributed by atoms with Crippen molar-refractivity contribution in [2.24, 2.45) is 0 Å². The third-order valence-electron chi connectivity index (χ3n) is 3.14. The molecular weight excluding hydrogens is 296 g/mol. The molecule has 0 fully saturated rings. The summed E-state index contributed by atoms with van der Waals surface area (Å²) in [7, 11) is 3.24. The molecular formula is C17H16N2O2S. The van der Waals surface area contributed by atoms with Gasteiger partial charge in [-0.1, -0.05) is 24.4 Å². The summed E-state index contributed by atoms with van der Waals surface area (Å²) < 4.78 is 10.5. The molecule has 0 bridgehead atoms. The van der Waals surface area contributed by atoms with Crippen molar-refractivity contribution in [3.05, 3.63) is 59.2 Å². The topological polar surface area (TPSA) is 54.3 Å². The lowest BCUT2D eigenvalue weighted by Gasteiger charge is -2.11. The molecule has 2 aromatic rings. The summed E-state index contributed by atoms with van der Waals surface area (Å²) in [5.41, 5.74) is 2.50. The molecule has 112 valence electrons. The van der Waals surface area contributed by atoms with Crippen molar-refractivity contribution in [3.8, 4) is 17.6 Å². The number of nitrogens with zero attached hydrogens (tertiary/aromatic N) is 1. The van der Waals surface area contributed by atoms with Gasteiger partial charge in [-0.3, -0.25) is 0 Å². The zero-order chi connectivity index (χ0) is 15.9. The van der Waals surface area contributed by atoms with Crippen LogP contribution >= 0.6 is 12.2 Å². The van der Waals surface area contributed by atoms with Gasteiger partial charge in [0.15, 0.2) is 0 Å². The number of methoxy groups -OCH3 is 2. The number of benzene rings is 2. The molecule has 0 radical (unpaired) electrons. The van der Waals surface area contributed by atoms with E-state index in [1.54, 1.807) is 26.4 Å². The van der Waals surface area contributed by atoms with Crippen molar-refractivity contribution >= 4 is 17.2 Å². The average molecular weight is 312 g/mol. The van der Waals surface area contributed by atoms with E-state index >= 15 is 0 Å². The Morgan fingerprint density at radius 1 is 1.09 bits per heavy atom. The van der Waals surface area contributed by atoms with Crippen molar-refractivity contribution in [3.63, 3.8) is 0 Å². The molecule has 0 saturated carbocycles. The third-order valence-corrected chi connectivity index (χ3v) is 3.52. The maximum absolute atomic E-state index is 8.80. The van der Waals surface area contributed by atoms with Crippen LogP contribution in [0.3, 0.4) is 0 Å². The van der Waals surface area contributed by atoms with Crippen LogP contribution in [0.25, 0.3) is 0 Å². The first-order valence-corrected chi connectivity index (χ1v) is 7.07. The largest absolute Gasteiger partial charge is 0.497 e. The third kappa shape index (κ3) is 3.96. The quantitative estimate of drug-likeness (QED) is 0.860. The number of hydrogen-bond acceptors (Lipinski definition) is 4. The molecule has 0 spiro atoms. The molecule has 0 aromatic heterocycles. The lowest BCUT2D eigenvalue weighted by Crippen LogP contribution is -2.21. The zero-order valence-electron chi connectivity index (χ0n) is 12.4. The molecule has 0 atom stereocenters. The highest BCUT2D eigenvalue weighted by Gasteiger charge is 2.04. The fourth-order valence-electron chi connectivity index (χ4n) is 1.95. The highest BCUT2D eigenvalue weighted by molar-refractivity contribution is 7.80. The number of rotatable bonds is 5. The Morgan fingerprint density at radius 3 is 2.18 bits per heavy atom. The smallest absolute Gasteiger partial charge is 0.122 e. The van der Waals surface area contributed by atoms with Crippen LogP contribution in [0.15, 0.2) is 42.5 Å². The van der Waals surface area contributed by atoms with Crippen molar-refractivity contribution in [1.29, 1.82) is 5.26 Å². The molecule has 1 N–H and O–H groups in total. The van der Waals surface area contributed by atoms with E-state index in [9.17, 15) is 0 Å². The molecule has 0 heterocycles. The fourth-order valence-corrected chi connectivity index (χ4v) is 2.16. The van der Waals surface area contributed by atoms with Gasteiger partial charge in [0.05, 0.1) is 25.9 Å². The Morgan fingerprint density at radius 2 is 1.68 bits per heavy atom. The first kappa shape index (κ1) is 15.8. The second-order valence-electron chi connectivity index (χ2n) is 4.59. The van der Waals surface area contributed by atoms with Crippen LogP contribution in [0.1, 0.15) is 16.7 Å². The van der Waals surface area contributed by atoms with E-state index in [2.05, 4.69) is 11.4 Å². The van der Waals surface area contributed by atoms with Gasteiger partial charge >= 0.3 is 0 Å². The number of nitrogens with one attached hydrogen (secondary N) is 1. The van der Waals surface area contributed by atoms with Crippen LogP contribution in [-0.4, -0.2) is 19.2 Å². The lowest BCUT2D eigenvalue weighted by atomic mass is 10.1. The monoisotopic (exact) mass is 312 g/mol. The van der Waals surface area contributed by atoms with E-state index in [0.717, 1.165) is 22.6 Å². The Kier molecular flexibility index (Phi) is 5.34. The molecule has 4 nitrogen and oxygen atoms in total. The van der Waals surface area contributed by atoms with Crippen LogP contribution in [-0.2, 0) is 6.54 Å².